The molecular formula is C16H21N3O3. The number of carbonyl (C=O) groups is 3. The number of anilines is 1. The van der Waals surface area contributed by atoms with Crippen molar-refractivity contribution < 1.29 is 14.4 Å². The molecule has 2 rings (SSSR count). The van der Waals surface area contributed by atoms with Gasteiger partial charge in [0, 0.05) is 37.4 Å². The van der Waals surface area contributed by atoms with E-state index in [1.807, 2.05) is 0 Å². The predicted molar refractivity (Wildman–Crippen MR) is 83.8 cm³/mol. The number of benzene rings is 1. The zero-order valence-corrected chi connectivity index (χ0v) is 13.0. The number of rotatable bonds is 3. The van der Waals surface area contributed by atoms with E-state index in [4.69, 9.17) is 0 Å². The topological polar surface area (TPSA) is 69.7 Å². The van der Waals surface area contributed by atoms with Gasteiger partial charge in [-0.3, -0.25) is 14.4 Å². The first-order valence-electron chi connectivity index (χ1n) is 7.45. The van der Waals surface area contributed by atoms with Gasteiger partial charge in [0.2, 0.25) is 0 Å². The third-order valence-electron chi connectivity index (χ3n) is 3.83. The molecule has 1 saturated heterocycles. The van der Waals surface area contributed by atoms with Crippen LogP contribution in [-0.4, -0.2) is 60.1 Å². The van der Waals surface area contributed by atoms with Crippen LogP contribution >= 0.6 is 0 Å². The van der Waals surface area contributed by atoms with E-state index in [-0.39, 0.29) is 5.78 Å². The van der Waals surface area contributed by atoms with Gasteiger partial charge in [-0.2, -0.15) is 0 Å². The highest BCUT2D eigenvalue weighted by atomic mass is 16.2. The Kier molecular flexibility index (Phi) is 5.27. The van der Waals surface area contributed by atoms with E-state index >= 15 is 0 Å². The van der Waals surface area contributed by atoms with Gasteiger partial charge in [-0.1, -0.05) is 19.1 Å². The fourth-order valence-corrected chi connectivity index (χ4v) is 2.41. The lowest BCUT2D eigenvalue weighted by Gasteiger charge is -2.33. The average Bonchev–Trinajstić information content (AvgIpc) is 2.54. The molecule has 1 aromatic rings. The minimum atomic E-state index is -0.661. The molecule has 6 nitrogen and oxygen atoms in total. The van der Waals surface area contributed by atoms with E-state index in [2.05, 4.69) is 17.1 Å². The van der Waals surface area contributed by atoms with Gasteiger partial charge in [-0.15, -0.1) is 0 Å². The van der Waals surface area contributed by atoms with Crippen molar-refractivity contribution in [3.8, 4) is 0 Å². The highest BCUT2D eigenvalue weighted by Gasteiger charge is 2.25. The molecule has 1 aliphatic heterocycles. The van der Waals surface area contributed by atoms with Crippen molar-refractivity contribution in [2.45, 2.75) is 13.8 Å². The first kappa shape index (κ1) is 16.2. The summed E-state index contributed by atoms with van der Waals surface area (Å²) in [4.78, 5) is 39.3. The fraction of sp³-hybridized carbons (Fsp3) is 0.438. The van der Waals surface area contributed by atoms with E-state index in [0.717, 1.165) is 19.6 Å². The van der Waals surface area contributed by atoms with Crippen molar-refractivity contribution in [1.82, 2.24) is 9.80 Å². The highest BCUT2D eigenvalue weighted by molar-refractivity contribution is 6.39. The van der Waals surface area contributed by atoms with Crippen LogP contribution in [-0.2, 0) is 9.59 Å². The number of carbonyl (C=O) groups excluding carboxylic acids is 3. The molecule has 22 heavy (non-hydrogen) atoms. The Bertz CT molecular complexity index is 578. The van der Waals surface area contributed by atoms with Gasteiger partial charge in [0.15, 0.2) is 5.78 Å². The molecule has 0 saturated carbocycles. The van der Waals surface area contributed by atoms with Gasteiger partial charge in [-0.05, 0) is 25.6 Å². The summed E-state index contributed by atoms with van der Waals surface area (Å²) < 4.78 is 0. The van der Waals surface area contributed by atoms with Crippen LogP contribution in [0.3, 0.4) is 0 Å². The van der Waals surface area contributed by atoms with Crippen LogP contribution in [0.4, 0.5) is 5.69 Å². The summed E-state index contributed by atoms with van der Waals surface area (Å²) in [5.41, 5.74) is 0.958. The van der Waals surface area contributed by atoms with Gasteiger partial charge in [-0.25, -0.2) is 0 Å². The van der Waals surface area contributed by atoms with Crippen molar-refractivity contribution in [2.75, 3.05) is 38.0 Å². The normalized spacial score (nSPS) is 15.5. The Morgan fingerprint density at radius 2 is 1.82 bits per heavy atom. The number of piperazine rings is 1. The Balaban J connectivity index is 1.96. The van der Waals surface area contributed by atoms with Crippen molar-refractivity contribution >= 4 is 23.3 Å². The molecule has 0 radical (unpaired) electrons. The van der Waals surface area contributed by atoms with Crippen molar-refractivity contribution in [2.24, 2.45) is 0 Å². The predicted octanol–water partition coefficient (Wildman–Crippen LogP) is 0.992. The van der Waals surface area contributed by atoms with Crippen molar-refractivity contribution in [3.63, 3.8) is 0 Å². The summed E-state index contributed by atoms with van der Waals surface area (Å²) in [5.74, 6) is -1.27. The summed E-state index contributed by atoms with van der Waals surface area (Å²) >= 11 is 0. The minimum Gasteiger partial charge on any atom is -0.332 e. The van der Waals surface area contributed by atoms with Crippen LogP contribution < -0.4 is 5.32 Å². The number of hydrogen-bond acceptors (Lipinski definition) is 4. The summed E-state index contributed by atoms with van der Waals surface area (Å²) in [7, 11) is 0. The maximum atomic E-state index is 12.1. The summed E-state index contributed by atoms with van der Waals surface area (Å²) in [6.07, 6.45) is 0. The second kappa shape index (κ2) is 7.17. The van der Waals surface area contributed by atoms with Crippen LogP contribution in [0.25, 0.3) is 0 Å². The minimum absolute atomic E-state index is 0.0851. The van der Waals surface area contributed by atoms with E-state index in [1.165, 1.54) is 6.92 Å². The van der Waals surface area contributed by atoms with E-state index < -0.39 is 11.8 Å². The molecule has 2 amide bonds. The Hall–Kier alpha value is -2.21. The Morgan fingerprint density at radius 1 is 1.14 bits per heavy atom. The summed E-state index contributed by atoms with van der Waals surface area (Å²) in [6, 6.07) is 6.58. The van der Waals surface area contributed by atoms with Gasteiger partial charge < -0.3 is 15.1 Å². The van der Waals surface area contributed by atoms with Crippen molar-refractivity contribution in [1.29, 1.82) is 0 Å². The largest absolute Gasteiger partial charge is 0.332 e. The maximum Gasteiger partial charge on any atom is 0.313 e. The van der Waals surface area contributed by atoms with Crippen LogP contribution in [0.15, 0.2) is 24.3 Å². The van der Waals surface area contributed by atoms with Crippen LogP contribution in [0.5, 0.6) is 0 Å². The van der Waals surface area contributed by atoms with Crippen LogP contribution in [0.1, 0.15) is 24.2 Å². The number of hydrogen-bond donors (Lipinski definition) is 1. The smallest absolute Gasteiger partial charge is 0.313 e. The SMILES string of the molecule is CCN1CCN(C(=O)C(=O)Nc2cccc(C(C)=O)c2)CC1. The Morgan fingerprint density at radius 3 is 2.41 bits per heavy atom. The molecule has 0 unspecified atom stereocenters. The molecule has 0 atom stereocenters. The molecule has 6 heteroatoms. The molecule has 0 aromatic heterocycles. The lowest BCUT2D eigenvalue weighted by Crippen LogP contribution is -2.51. The maximum absolute atomic E-state index is 12.1. The average molecular weight is 303 g/mol. The lowest BCUT2D eigenvalue weighted by atomic mass is 10.1. The van der Waals surface area contributed by atoms with E-state index in [9.17, 15) is 14.4 Å². The number of Topliss-reactive ketones (excluding diaryl/α,β-unsaturated/α-hetero) is 1. The molecule has 1 heterocycles. The van der Waals surface area contributed by atoms with E-state index in [0.29, 0.717) is 24.3 Å². The number of nitrogens with zero attached hydrogens (tertiary/aromatic N) is 2. The fourth-order valence-electron chi connectivity index (χ4n) is 2.41. The second-order valence-electron chi connectivity index (χ2n) is 5.32. The third kappa shape index (κ3) is 3.92. The Labute approximate surface area is 130 Å². The van der Waals surface area contributed by atoms with Crippen LogP contribution in [0, 0.1) is 0 Å². The van der Waals surface area contributed by atoms with Crippen molar-refractivity contribution in [3.05, 3.63) is 29.8 Å². The molecule has 1 aromatic carbocycles. The zero-order valence-electron chi connectivity index (χ0n) is 13.0. The van der Waals surface area contributed by atoms with Crippen LogP contribution in [0.2, 0.25) is 0 Å². The standard InChI is InChI=1S/C16H21N3O3/c1-3-18-7-9-19(10-8-18)16(22)15(21)17-14-6-4-5-13(11-14)12(2)20/h4-6,11H,3,7-10H2,1-2H3,(H,17,21). The number of amides is 2. The molecule has 0 spiro atoms. The molecule has 1 fully saturated rings. The van der Waals surface area contributed by atoms with Gasteiger partial charge in [0.25, 0.3) is 0 Å². The zero-order chi connectivity index (χ0) is 16.1. The van der Waals surface area contributed by atoms with Gasteiger partial charge >= 0.3 is 11.8 Å². The quantitative estimate of drug-likeness (QED) is 0.668. The summed E-state index contributed by atoms with van der Waals surface area (Å²) in [6.45, 7) is 7.18. The van der Waals surface area contributed by atoms with Gasteiger partial charge in [0.05, 0.1) is 0 Å². The highest BCUT2D eigenvalue weighted by Crippen LogP contribution is 2.12. The molecule has 1 N–H and O–H groups in total. The second-order valence-corrected chi connectivity index (χ2v) is 5.32. The first-order chi connectivity index (χ1) is 10.5. The molecule has 1 aliphatic rings. The number of likely N-dealkylation sites (N-methyl/N-ethyl adjacent to an activating group) is 1. The van der Waals surface area contributed by atoms with E-state index in [1.54, 1.807) is 29.2 Å². The first-order valence-corrected chi connectivity index (χ1v) is 7.45. The number of ketones is 1. The molecular weight excluding hydrogens is 282 g/mol. The molecule has 0 bridgehead atoms. The summed E-state index contributed by atoms with van der Waals surface area (Å²) in [5, 5.41) is 2.56. The third-order valence-corrected chi connectivity index (χ3v) is 3.83. The molecule has 118 valence electrons. The number of nitrogens with one attached hydrogen (secondary N) is 1. The lowest BCUT2D eigenvalue weighted by molar-refractivity contribution is -0.144. The molecule has 0 aliphatic carbocycles. The van der Waals surface area contributed by atoms with Gasteiger partial charge in [0.1, 0.15) is 0 Å². The monoisotopic (exact) mass is 303 g/mol.